The average Bonchev–Trinajstić information content (AvgIpc) is 2.14. The molecule has 0 fully saturated rings. The first-order chi connectivity index (χ1) is 7.93. The van der Waals surface area contributed by atoms with E-state index in [2.05, 4.69) is 74.1 Å². The molecule has 0 heterocycles. The van der Waals surface area contributed by atoms with Crippen LogP contribution in [0.15, 0.2) is 0 Å². The third-order valence-corrected chi connectivity index (χ3v) is 5.53. The molecule has 0 aromatic heterocycles. The molecular weight excluding hydrogens is 236 g/mol. The molecule has 110 valence electrons. The van der Waals surface area contributed by atoms with E-state index in [1.807, 2.05) is 0 Å². The number of hydrogen-bond donors (Lipinski definition) is 0. The Morgan fingerprint density at radius 2 is 1.28 bits per heavy atom. The number of hydrogen-bond acceptors (Lipinski definition) is 1. The van der Waals surface area contributed by atoms with Crippen LogP contribution in [0.3, 0.4) is 0 Å². The van der Waals surface area contributed by atoms with Gasteiger partial charge in [0.15, 0.2) is 0 Å². The van der Waals surface area contributed by atoms with Gasteiger partial charge in [0.2, 0.25) is 0 Å². The Bertz CT molecular complexity index is 238. The van der Waals surface area contributed by atoms with E-state index in [1.165, 1.54) is 25.7 Å². The number of rotatable bonds is 8. The van der Waals surface area contributed by atoms with Crippen molar-refractivity contribution in [3.63, 3.8) is 0 Å². The fraction of sp³-hybridized carbons (Fsp3) is 1.00. The van der Waals surface area contributed by atoms with Gasteiger partial charge < -0.3 is 0 Å². The average molecular weight is 273 g/mol. The first-order valence-electron chi connectivity index (χ1n) is 7.61. The van der Waals surface area contributed by atoms with E-state index in [1.54, 1.807) is 0 Å². The molecule has 0 aromatic rings. The lowest BCUT2D eigenvalue weighted by atomic mass is 9.81. The Balaban J connectivity index is 4.40. The molecule has 0 amide bonds. The van der Waals surface area contributed by atoms with Gasteiger partial charge in [-0.05, 0) is 23.7 Å². The van der Waals surface area contributed by atoms with Gasteiger partial charge in [0.25, 0.3) is 0 Å². The normalized spacial score (nSPS) is 15.8. The Labute approximate surface area is 121 Å². The molecule has 0 nitrogen and oxygen atoms in total. The Morgan fingerprint density at radius 1 is 0.833 bits per heavy atom. The van der Waals surface area contributed by atoms with Gasteiger partial charge in [0.1, 0.15) is 0 Å². The second-order valence-corrected chi connectivity index (χ2v) is 10.3. The minimum absolute atomic E-state index is 0.392. The topological polar surface area (TPSA) is 0 Å². The third kappa shape index (κ3) is 7.71. The highest BCUT2D eigenvalue weighted by Gasteiger charge is 2.31. The van der Waals surface area contributed by atoms with Crippen LogP contribution in [0.2, 0.25) is 0 Å². The molecule has 0 saturated carbocycles. The Kier molecular flexibility index (Phi) is 6.81. The molecule has 0 rings (SSSR count). The van der Waals surface area contributed by atoms with E-state index in [4.69, 9.17) is 0 Å². The molecule has 0 aliphatic rings. The Morgan fingerprint density at radius 3 is 1.67 bits per heavy atom. The summed E-state index contributed by atoms with van der Waals surface area (Å²) in [6.45, 7) is 21.5. The summed E-state index contributed by atoms with van der Waals surface area (Å²) >= 11 is 2.19. The van der Waals surface area contributed by atoms with Gasteiger partial charge in [-0.15, -0.1) is 0 Å². The molecule has 1 unspecified atom stereocenters. The van der Waals surface area contributed by atoms with Crippen LogP contribution < -0.4 is 0 Å². The van der Waals surface area contributed by atoms with Crippen LogP contribution in [0.5, 0.6) is 0 Å². The molecule has 18 heavy (non-hydrogen) atoms. The highest BCUT2D eigenvalue weighted by Crippen LogP contribution is 2.43. The summed E-state index contributed by atoms with van der Waals surface area (Å²) in [4.78, 5) is 0. The van der Waals surface area contributed by atoms with Crippen LogP contribution in [0.25, 0.3) is 0 Å². The molecule has 0 saturated heterocycles. The van der Waals surface area contributed by atoms with Crippen LogP contribution >= 0.6 is 11.8 Å². The van der Waals surface area contributed by atoms with Crippen LogP contribution in [0.4, 0.5) is 0 Å². The zero-order valence-electron chi connectivity index (χ0n) is 14.3. The number of thioether (sulfide) groups is 1. The summed E-state index contributed by atoms with van der Waals surface area (Å²) in [6.07, 6.45) is 5.17. The van der Waals surface area contributed by atoms with Crippen molar-refractivity contribution in [2.75, 3.05) is 0 Å². The summed E-state index contributed by atoms with van der Waals surface area (Å²) in [6, 6.07) is 0. The van der Waals surface area contributed by atoms with Crippen LogP contribution in [-0.2, 0) is 0 Å². The maximum atomic E-state index is 2.42. The van der Waals surface area contributed by atoms with Gasteiger partial charge in [0.05, 0.1) is 0 Å². The second kappa shape index (κ2) is 6.68. The van der Waals surface area contributed by atoms with Crippen molar-refractivity contribution in [3.05, 3.63) is 0 Å². The lowest BCUT2D eigenvalue weighted by Gasteiger charge is -2.37. The standard InChI is InChI=1S/C17H36S/c1-10-15(4,5)12-14(3)18-17(8,9)13-16(6,7)11-2/h14H,10-13H2,1-9H3. The zero-order valence-corrected chi connectivity index (χ0v) is 15.1. The summed E-state index contributed by atoms with van der Waals surface area (Å²) < 4.78 is 0.392. The van der Waals surface area contributed by atoms with Crippen molar-refractivity contribution < 1.29 is 0 Å². The first kappa shape index (κ1) is 18.4. The largest absolute Gasteiger partial charge is 0.153 e. The van der Waals surface area contributed by atoms with Gasteiger partial charge in [-0.3, -0.25) is 0 Å². The third-order valence-electron chi connectivity index (χ3n) is 4.18. The van der Waals surface area contributed by atoms with E-state index >= 15 is 0 Å². The fourth-order valence-electron chi connectivity index (χ4n) is 2.83. The van der Waals surface area contributed by atoms with Gasteiger partial charge in [-0.2, -0.15) is 11.8 Å². The monoisotopic (exact) mass is 272 g/mol. The Hall–Kier alpha value is 0.350. The summed E-state index contributed by atoms with van der Waals surface area (Å²) in [7, 11) is 0. The van der Waals surface area contributed by atoms with Crippen molar-refractivity contribution in [1.29, 1.82) is 0 Å². The van der Waals surface area contributed by atoms with Crippen molar-refractivity contribution in [3.8, 4) is 0 Å². The molecule has 0 spiro atoms. The quantitative estimate of drug-likeness (QED) is 0.483. The molecule has 1 heteroatoms. The van der Waals surface area contributed by atoms with E-state index in [0.29, 0.717) is 15.6 Å². The fourth-order valence-corrected chi connectivity index (χ4v) is 4.93. The molecular formula is C17H36S. The van der Waals surface area contributed by atoms with E-state index < -0.39 is 0 Å². The minimum atomic E-state index is 0.392. The van der Waals surface area contributed by atoms with Gasteiger partial charge in [-0.25, -0.2) is 0 Å². The van der Waals surface area contributed by atoms with Crippen molar-refractivity contribution in [2.45, 2.75) is 98.0 Å². The zero-order chi connectivity index (χ0) is 14.6. The predicted molar refractivity (Wildman–Crippen MR) is 88.5 cm³/mol. The van der Waals surface area contributed by atoms with Gasteiger partial charge >= 0.3 is 0 Å². The molecule has 0 N–H and O–H groups in total. The summed E-state index contributed by atoms with van der Waals surface area (Å²) in [5.74, 6) is 0. The molecule has 0 aliphatic heterocycles. The van der Waals surface area contributed by atoms with Crippen LogP contribution in [0, 0.1) is 10.8 Å². The van der Waals surface area contributed by atoms with Crippen LogP contribution in [0.1, 0.15) is 88.0 Å². The van der Waals surface area contributed by atoms with E-state index in [9.17, 15) is 0 Å². The first-order valence-corrected chi connectivity index (χ1v) is 8.49. The van der Waals surface area contributed by atoms with Crippen molar-refractivity contribution in [1.82, 2.24) is 0 Å². The minimum Gasteiger partial charge on any atom is -0.153 e. The van der Waals surface area contributed by atoms with Crippen LogP contribution in [-0.4, -0.2) is 10.00 Å². The summed E-state index contributed by atoms with van der Waals surface area (Å²) in [5, 5.41) is 0.752. The predicted octanol–water partition coefficient (Wildman–Crippen LogP) is 6.54. The van der Waals surface area contributed by atoms with E-state index in [-0.39, 0.29) is 0 Å². The highest BCUT2D eigenvalue weighted by atomic mass is 32.2. The highest BCUT2D eigenvalue weighted by molar-refractivity contribution is 8.01. The smallest absolute Gasteiger partial charge is 0.0111 e. The van der Waals surface area contributed by atoms with Gasteiger partial charge in [-0.1, -0.05) is 75.2 Å². The lowest BCUT2D eigenvalue weighted by molar-refractivity contribution is 0.290. The maximum Gasteiger partial charge on any atom is 0.0111 e. The molecule has 0 radical (unpaired) electrons. The molecule has 1 atom stereocenters. The molecule has 0 aromatic carbocycles. The van der Waals surface area contributed by atoms with Gasteiger partial charge in [0, 0.05) is 10.00 Å². The second-order valence-electron chi connectivity index (χ2n) is 8.10. The van der Waals surface area contributed by atoms with Crippen molar-refractivity contribution >= 4 is 11.8 Å². The summed E-state index contributed by atoms with van der Waals surface area (Å²) in [5.41, 5.74) is 0.958. The maximum absolute atomic E-state index is 2.42. The molecule has 0 aliphatic carbocycles. The van der Waals surface area contributed by atoms with E-state index in [0.717, 1.165) is 5.25 Å². The SMILES string of the molecule is CCC(C)(C)CC(C)SC(C)(C)CC(C)(C)CC. The lowest BCUT2D eigenvalue weighted by Crippen LogP contribution is -2.28. The van der Waals surface area contributed by atoms with Crippen molar-refractivity contribution in [2.24, 2.45) is 10.8 Å². The molecule has 0 bridgehead atoms.